The van der Waals surface area contributed by atoms with Crippen molar-refractivity contribution in [1.82, 2.24) is 15.1 Å². The van der Waals surface area contributed by atoms with Crippen LogP contribution in [0, 0.1) is 25.2 Å². The third-order valence-electron chi connectivity index (χ3n) is 5.13. The van der Waals surface area contributed by atoms with E-state index in [1.807, 2.05) is 43.3 Å². The van der Waals surface area contributed by atoms with Gasteiger partial charge in [-0.2, -0.15) is 10.4 Å². The van der Waals surface area contributed by atoms with Gasteiger partial charge in [0.25, 0.3) is 11.5 Å². The molecule has 0 saturated heterocycles. The number of nitriles is 1. The molecular formula is C24H23N5O3. The summed E-state index contributed by atoms with van der Waals surface area (Å²) in [5.41, 5.74) is 1.87. The number of carbonyl (C=O) groups is 2. The molecule has 8 heteroatoms. The Morgan fingerprint density at radius 3 is 2.44 bits per heavy atom. The van der Waals surface area contributed by atoms with Crippen LogP contribution in [-0.2, 0) is 11.3 Å². The maximum atomic E-state index is 12.8. The highest BCUT2D eigenvalue weighted by atomic mass is 16.2. The summed E-state index contributed by atoms with van der Waals surface area (Å²) >= 11 is 0. The summed E-state index contributed by atoms with van der Waals surface area (Å²) in [5.74, 6) is -0.881. The number of nitrogens with zero attached hydrogens (tertiary/aromatic N) is 3. The molecule has 32 heavy (non-hydrogen) atoms. The minimum atomic E-state index is -0.631. The van der Waals surface area contributed by atoms with Crippen LogP contribution in [0.3, 0.4) is 0 Å². The monoisotopic (exact) mass is 429 g/mol. The fourth-order valence-corrected chi connectivity index (χ4v) is 3.23. The summed E-state index contributed by atoms with van der Waals surface area (Å²) in [7, 11) is 0. The number of nitrogens with one attached hydrogen (secondary N) is 2. The number of carbonyl (C=O) groups excluding carboxylic acids is 2. The summed E-state index contributed by atoms with van der Waals surface area (Å²) in [6.07, 6.45) is 0. The molecule has 2 aromatic carbocycles. The number of para-hydroxylation sites is 1. The lowest BCUT2D eigenvalue weighted by molar-refractivity contribution is -0.117. The largest absolute Gasteiger partial charge is 0.345 e. The Labute approximate surface area is 185 Å². The minimum Gasteiger partial charge on any atom is -0.345 e. The Morgan fingerprint density at radius 1 is 1.09 bits per heavy atom. The molecule has 0 aliphatic heterocycles. The normalized spacial score (nSPS) is 11.3. The zero-order chi connectivity index (χ0) is 23.3. The van der Waals surface area contributed by atoms with E-state index in [-0.39, 0.29) is 24.1 Å². The number of rotatable bonds is 6. The van der Waals surface area contributed by atoms with Crippen LogP contribution in [-0.4, -0.2) is 21.6 Å². The predicted molar refractivity (Wildman–Crippen MR) is 120 cm³/mol. The van der Waals surface area contributed by atoms with E-state index >= 15 is 0 Å². The van der Waals surface area contributed by atoms with Gasteiger partial charge in [0.15, 0.2) is 0 Å². The minimum absolute atomic E-state index is 0.0417. The van der Waals surface area contributed by atoms with E-state index in [2.05, 4.69) is 15.7 Å². The fraction of sp³-hybridized carbons (Fsp3) is 0.208. The van der Waals surface area contributed by atoms with Gasteiger partial charge < -0.3 is 10.6 Å². The van der Waals surface area contributed by atoms with E-state index in [0.29, 0.717) is 22.5 Å². The number of hydrogen-bond acceptors (Lipinski definition) is 5. The molecule has 1 unspecified atom stereocenters. The van der Waals surface area contributed by atoms with Crippen molar-refractivity contribution in [3.05, 3.63) is 92.9 Å². The average molecular weight is 429 g/mol. The van der Waals surface area contributed by atoms with Gasteiger partial charge >= 0.3 is 0 Å². The third kappa shape index (κ3) is 4.90. The lowest BCUT2D eigenvalue weighted by atomic mass is 10.1. The van der Waals surface area contributed by atoms with Crippen LogP contribution in [0.15, 0.2) is 59.4 Å². The second-order valence-electron chi connectivity index (χ2n) is 7.36. The second kappa shape index (κ2) is 9.71. The molecule has 0 aliphatic rings. The van der Waals surface area contributed by atoms with Crippen molar-refractivity contribution in [2.75, 3.05) is 5.32 Å². The van der Waals surface area contributed by atoms with Crippen molar-refractivity contribution in [3.8, 4) is 6.07 Å². The number of aromatic nitrogens is 2. The molecule has 0 saturated carbocycles. The van der Waals surface area contributed by atoms with Gasteiger partial charge in [-0.05, 0) is 44.0 Å². The van der Waals surface area contributed by atoms with Gasteiger partial charge in [0.05, 0.1) is 23.0 Å². The summed E-state index contributed by atoms with van der Waals surface area (Å²) < 4.78 is 0.955. The first-order valence-corrected chi connectivity index (χ1v) is 10.0. The van der Waals surface area contributed by atoms with Crippen molar-refractivity contribution in [3.63, 3.8) is 0 Å². The van der Waals surface area contributed by atoms with Crippen LogP contribution in [0.5, 0.6) is 0 Å². The van der Waals surface area contributed by atoms with E-state index in [9.17, 15) is 19.6 Å². The highest BCUT2D eigenvalue weighted by Gasteiger charge is 2.18. The SMILES string of the molecule is Cc1nn(CC(=O)Nc2ccccc2C(=O)NC(C)c2ccccc2)c(=O)c(C#N)c1C. The Hall–Kier alpha value is -4.25. The highest BCUT2D eigenvalue weighted by Crippen LogP contribution is 2.18. The van der Waals surface area contributed by atoms with E-state index in [1.165, 1.54) is 0 Å². The van der Waals surface area contributed by atoms with Gasteiger partial charge in [-0.1, -0.05) is 42.5 Å². The van der Waals surface area contributed by atoms with Crippen molar-refractivity contribution in [1.29, 1.82) is 5.26 Å². The molecule has 2 N–H and O–H groups in total. The Bertz CT molecular complexity index is 1260. The molecule has 8 nitrogen and oxygen atoms in total. The lowest BCUT2D eigenvalue weighted by Gasteiger charge is -2.16. The Morgan fingerprint density at radius 2 is 1.75 bits per heavy atom. The lowest BCUT2D eigenvalue weighted by Crippen LogP contribution is -2.33. The zero-order valence-electron chi connectivity index (χ0n) is 18.0. The smallest absolute Gasteiger partial charge is 0.285 e. The number of hydrogen-bond donors (Lipinski definition) is 2. The molecule has 0 radical (unpaired) electrons. The van der Waals surface area contributed by atoms with Gasteiger partial charge in [-0.15, -0.1) is 0 Å². The van der Waals surface area contributed by atoms with Gasteiger partial charge in [0, 0.05) is 0 Å². The van der Waals surface area contributed by atoms with Crippen molar-refractivity contribution < 1.29 is 9.59 Å². The van der Waals surface area contributed by atoms with Crippen molar-refractivity contribution in [2.24, 2.45) is 0 Å². The summed E-state index contributed by atoms with van der Waals surface area (Å²) in [5, 5.41) is 18.9. The first-order valence-electron chi connectivity index (χ1n) is 10.0. The number of amides is 2. The summed E-state index contributed by atoms with van der Waals surface area (Å²) in [6.45, 7) is 4.79. The number of anilines is 1. The van der Waals surface area contributed by atoms with E-state index < -0.39 is 11.5 Å². The molecule has 0 fully saturated rings. The summed E-state index contributed by atoms with van der Waals surface area (Å²) in [4.78, 5) is 37.9. The zero-order valence-corrected chi connectivity index (χ0v) is 18.0. The van der Waals surface area contributed by atoms with Crippen molar-refractivity contribution in [2.45, 2.75) is 33.4 Å². The van der Waals surface area contributed by atoms with E-state index in [1.54, 1.807) is 38.1 Å². The number of aryl methyl sites for hydroxylation is 1. The maximum absolute atomic E-state index is 12.8. The predicted octanol–water partition coefficient (Wildman–Crippen LogP) is 2.86. The van der Waals surface area contributed by atoms with Gasteiger partial charge in [0.1, 0.15) is 18.2 Å². The number of benzene rings is 2. The molecule has 1 aromatic heterocycles. The standard InChI is InChI=1S/C24H23N5O3/c1-15-16(2)28-29(24(32)20(15)13-25)14-22(30)27-21-12-8-7-11-19(21)23(31)26-17(3)18-9-5-4-6-10-18/h4-12,17H,14H2,1-3H3,(H,26,31)(H,27,30). The Balaban J connectivity index is 1.77. The van der Waals surface area contributed by atoms with Crippen LogP contribution in [0.25, 0.3) is 0 Å². The molecule has 1 atom stereocenters. The first-order chi connectivity index (χ1) is 15.3. The Kier molecular flexibility index (Phi) is 6.80. The molecule has 2 amide bonds. The van der Waals surface area contributed by atoms with Crippen LogP contribution in [0.2, 0.25) is 0 Å². The van der Waals surface area contributed by atoms with Gasteiger partial charge in [0.2, 0.25) is 5.91 Å². The molecular weight excluding hydrogens is 406 g/mol. The molecule has 1 heterocycles. The van der Waals surface area contributed by atoms with Crippen LogP contribution < -0.4 is 16.2 Å². The highest BCUT2D eigenvalue weighted by molar-refractivity contribution is 6.03. The van der Waals surface area contributed by atoms with Gasteiger partial charge in [-0.3, -0.25) is 14.4 Å². The summed E-state index contributed by atoms with van der Waals surface area (Å²) in [6, 6.07) is 17.8. The second-order valence-corrected chi connectivity index (χ2v) is 7.36. The molecule has 0 spiro atoms. The average Bonchev–Trinajstić information content (AvgIpc) is 2.78. The van der Waals surface area contributed by atoms with Crippen LogP contribution in [0.1, 0.15) is 45.7 Å². The van der Waals surface area contributed by atoms with Gasteiger partial charge in [-0.25, -0.2) is 4.68 Å². The van der Waals surface area contributed by atoms with Crippen LogP contribution >= 0.6 is 0 Å². The molecule has 162 valence electrons. The third-order valence-corrected chi connectivity index (χ3v) is 5.13. The van der Waals surface area contributed by atoms with E-state index in [4.69, 9.17) is 0 Å². The topological polar surface area (TPSA) is 117 Å². The molecule has 0 bridgehead atoms. The van der Waals surface area contributed by atoms with Crippen LogP contribution in [0.4, 0.5) is 5.69 Å². The first kappa shape index (κ1) is 22.4. The molecule has 3 aromatic rings. The fourth-order valence-electron chi connectivity index (χ4n) is 3.23. The molecule has 0 aliphatic carbocycles. The molecule has 3 rings (SSSR count). The van der Waals surface area contributed by atoms with Crippen molar-refractivity contribution >= 4 is 17.5 Å². The quantitative estimate of drug-likeness (QED) is 0.625. The maximum Gasteiger partial charge on any atom is 0.285 e. The van der Waals surface area contributed by atoms with E-state index in [0.717, 1.165) is 10.2 Å².